The van der Waals surface area contributed by atoms with Crippen LogP contribution in [0.5, 0.6) is 0 Å². The second kappa shape index (κ2) is 18.4. The Hall–Kier alpha value is -11.8. The lowest BCUT2D eigenvalue weighted by Gasteiger charge is -2.19. The van der Waals surface area contributed by atoms with Gasteiger partial charge < -0.3 is 9.13 Å². The van der Waals surface area contributed by atoms with E-state index in [-0.39, 0.29) is 0 Å². The van der Waals surface area contributed by atoms with E-state index >= 15 is 0 Å². The van der Waals surface area contributed by atoms with Crippen molar-refractivity contribution in [2.75, 3.05) is 0 Å². The van der Waals surface area contributed by atoms with Crippen molar-refractivity contribution in [3.63, 3.8) is 0 Å². The van der Waals surface area contributed by atoms with Crippen LogP contribution in [0.1, 0.15) is 38.9 Å². The maximum absolute atomic E-state index is 12.0. The van der Waals surface area contributed by atoms with Crippen LogP contribution in [0, 0.1) is 79.3 Å². The van der Waals surface area contributed by atoms with E-state index in [1.54, 1.807) is 66.7 Å². The zero-order valence-electron chi connectivity index (χ0n) is 40.1. The average Bonchev–Trinajstić information content (AvgIpc) is 4.04. The van der Waals surface area contributed by atoms with E-state index in [0.29, 0.717) is 61.4 Å². The highest BCUT2D eigenvalue weighted by molar-refractivity contribution is 6.13. The van der Waals surface area contributed by atoms with Crippen molar-refractivity contribution < 1.29 is 0 Å². The van der Waals surface area contributed by atoms with Crippen molar-refractivity contribution in [3.05, 3.63) is 239 Å². The number of nitriles is 7. The van der Waals surface area contributed by atoms with Gasteiger partial charge in [-0.1, -0.05) is 97.1 Å². The van der Waals surface area contributed by atoms with Crippen LogP contribution < -0.4 is 0 Å². The first-order valence-electron chi connectivity index (χ1n) is 24.0. The molecule has 76 heavy (non-hydrogen) atoms. The Morgan fingerprint density at radius 2 is 0.461 bits per heavy atom. The minimum absolute atomic E-state index is 0.300. The Bertz CT molecular complexity index is 4220. The van der Waals surface area contributed by atoms with Gasteiger partial charge in [-0.3, -0.25) is 0 Å². The minimum Gasteiger partial charge on any atom is -0.308 e. The predicted octanol–water partition coefficient (Wildman–Crippen LogP) is 15.3. The molecule has 0 amide bonds. The summed E-state index contributed by atoms with van der Waals surface area (Å²) in [6.45, 7) is 0. The van der Waals surface area contributed by atoms with Crippen LogP contribution in [0.2, 0.25) is 0 Å². The molecular formula is C67H33N9. The lowest BCUT2D eigenvalue weighted by atomic mass is 9.96. The van der Waals surface area contributed by atoms with E-state index in [1.165, 1.54) is 0 Å². The van der Waals surface area contributed by atoms with E-state index in [0.717, 1.165) is 88.1 Å². The molecule has 12 rings (SSSR count). The standard InChI is InChI=1S/C67H33N9/c68-34-41-1-9-47(10-2-41)51-17-21-57-58-22-18-52(48-11-3-42(35-69)4-12-48)29-63(58)75(62(57)28-51)66-32-56(55-26-45(38-72)25-46(27-55)39-73)33-67(61(66)40-74)76-64-30-53(49-13-5-43(36-70)6-14-49)19-23-59(64)60-24-20-54(31-65(60)76)50-15-7-44(37-71)8-16-50/h1-33H. The highest BCUT2D eigenvalue weighted by atomic mass is 15.0. The second-order valence-electron chi connectivity index (χ2n) is 18.4. The highest BCUT2D eigenvalue weighted by Gasteiger charge is 2.25. The lowest BCUT2D eigenvalue weighted by molar-refractivity contribution is 1.12. The maximum atomic E-state index is 12.0. The van der Waals surface area contributed by atoms with Gasteiger partial charge in [0.05, 0.1) is 103 Å². The molecule has 10 aromatic carbocycles. The number of rotatable bonds is 7. The largest absolute Gasteiger partial charge is 0.308 e. The number of fused-ring (bicyclic) bond motifs is 6. The zero-order valence-corrected chi connectivity index (χ0v) is 40.1. The third-order valence-corrected chi connectivity index (χ3v) is 14.1. The quantitative estimate of drug-likeness (QED) is 0.153. The summed E-state index contributed by atoms with van der Waals surface area (Å²) in [6.07, 6.45) is 0. The van der Waals surface area contributed by atoms with E-state index < -0.39 is 0 Å². The summed E-state index contributed by atoms with van der Waals surface area (Å²) in [6, 6.07) is 79.7. The van der Waals surface area contributed by atoms with Gasteiger partial charge in [-0.25, -0.2) is 0 Å². The first kappa shape index (κ1) is 45.4. The molecule has 0 saturated heterocycles. The summed E-state index contributed by atoms with van der Waals surface area (Å²) in [5.74, 6) is 0. The first-order chi connectivity index (χ1) is 37.3. The number of nitrogens with zero attached hydrogens (tertiary/aromatic N) is 9. The first-order valence-corrected chi connectivity index (χ1v) is 24.0. The average molecular weight is 964 g/mol. The Kier molecular flexibility index (Phi) is 11.0. The molecule has 0 N–H and O–H groups in total. The van der Waals surface area contributed by atoms with E-state index in [1.807, 2.05) is 60.7 Å². The maximum Gasteiger partial charge on any atom is 0.104 e. The molecule has 0 aliphatic carbocycles. The Morgan fingerprint density at radius 1 is 0.211 bits per heavy atom. The van der Waals surface area contributed by atoms with Crippen molar-refractivity contribution in [1.82, 2.24) is 9.13 Å². The van der Waals surface area contributed by atoms with Crippen molar-refractivity contribution in [2.45, 2.75) is 0 Å². The van der Waals surface area contributed by atoms with Crippen molar-refractivity contribution in [1.29, 1.82) is 36.8 Å². The van der Waals surface area contributed by atoms with E-state index in [9.17, 15) is 36.8 Å². The third-order valence-electron chi connectivity index (χ3n) is 14.1. The van der Waals surface area contributed by atoms with Gasteiger partial charge in [0, 0.05) is 21.5 Å². The summed E-state index contributed by atoms with van der Waals surface area (Å²) < 4.78 is 4.24. The van der Waals surface area contributed by atoms with Gasteiger partial charge in [-0.15, -0.1) is 0 Å². The molecule has 0 saturated carbocycles. The zero-order chi connectivity index (χ0) is 52.0. The second-order valence-corrected chi connectivity index (χ2v) is 18.4. The fraction of sp³-hybridized carbons (Fsp3) is 0. The monoisotopic (exact) mass is 963 g/mol. The molecule has 9 nitrogen and oxygen atoms in total. The molecule has 0 bridgehead atoms. The molecular weight excluding hydrogens is 931 g/mol. The minimum atomic E-state index is 0.300. The van der Waals surface area contributed by atoms with Gasteiger partial charge in [0.2, 0.25) is 0 Å². The van der Waals surface area contributed by atoms with Gasteiger partial charge in [0.25, 0.3) is 0 Å². The summed E-state index contributed by atoms with van der Waals surface area (Å²) in [5.41, 5.74) is 15.7. The lowest BCUT2D eigenvalue weighted by Crippen LogP contribution is -2.05. The molecule has 9 heteroatoms. The van der Waals surface area contributed by atoms with Crippen LogP contribution in [-0.2, 0) is 0 Å². The van der Waals surface area contributed by atoms with Crippen LogP contribution in [0.4, 0.5) is 0 Å². The van der Waals surface area contributed by atoms with Gasteiger partial charge in [0.15, 0.2) is 0 Å². The molecule has 346 valence electrons. The van der Waals surface area contributed by atoms with Gasteiger partial charge in [-0.2, -0.15) is 36.8 Å². The van der Waals surface area contributed by atoms with Gasteiger partial charge >= 0.3 is 0 Å². The summed E-state index contributed by atoms with van der Waals surface area (Å²) in [7, 11) is 0. The van der Waals surface area contributed by atoms with E-state index in [2.05, 4.69) is 124 Å². The molecule has 0 unspecified atom stereocenters. The van der Waals surface area contributed by atoms with Crippen LogP contribution in [0.25, 0.3) is 111 Å². The van der Waals surface area contributed by atoms with Crippen LogP contribution in [-0.4, -0.2) is 9.13 Å². The fourth-order valence-corrected chi connectivity index (χ4v) is 10.4. The molecule has 0 aliphatic rings. The predicted molar refractivity (Wildman–Crippen MR) is 295 cm³/mol. The number of hydrogen-bond donors (Lipinski definition) is 0. The molecule has 0 radical (unpaired) electrons. The Morgan fingerprint density at radius 3 is 0.711 bits per heavy atom. The van der Waals surface area contributed by atoms with Crippen LogP contribution in [0.3, 0.4) is 0 Å². The third kappa shape index (κ3) is 7.69. The summed E-state index contributed by atoms with van der Waals surface area (Å²) in [5, 5.41) is 74.9. The van der Waals surface area contributed by atoms with Crippen LogP contribution >= 0.6 is 0 Å². The SMILES string of the molecule is N#Cc1ccc(-c2ccc3c4ccc(-c5ccc(C#N)cc5)cc4n(-c4cc(-c5cc(C#N)cc(C#N)c5)cc(-n5c6cc(-c7ccc(C#N)cc7)ccc6c6ccc(-c7ccc(C#N)cc7)cc65)c4C#N)c3c2)cc1. The molecule has 0 aliphatic heterocycles. The van der Waals surface area contributed by atoms with E-state index in [4.69, 9.17) is 0 Å². The smallest absolute Gasteiger partial charge is 0.104 e. The topological polar surface area (TPSA) is 176 Å². The molecule has 0 atom stereocenters. The fourth-order valence-electron chi connectivity index (χ4n) is 10.4. The van der Waals surface area contributed by atoms with Gasteiger partial charge in [0.1, 0.15) is 11.6 Å². The normalized spacial score (nSPS) is 10.8. The number of benzene rings is 10. The Labute approximate surface area is 436 Å². The molecule has 2 heterocycles. The van der Waals surface area contributed by atoms with Crippen molar-refractivity contribution >= 4 is 43.6 Å². The van der Waals surface area contributed by atoms with Crippen molar-refractivity contribution in [2.24, 2.45) is 0 Å². The number of hydrogen-bond acceptors (Lipinski definition) is 7. The molecule has 2 aromatic heterocycles. The van der Waals surface area contributed by atoms with Gasteiger partial charge in [-0.05, 0) is 159 Å². The molecule has 0 fully saturated rings. The van der Waals surface area contributed by atoms with Crippen molar-refractivity contribution in [3.8, 4) is 109 Å². The highest BCUT2D eigenvalue weighted by Crippen LogP contribution is 2.44. The molecule has 0 spiro atoms. The number of aromatic nitrogens is 2. The van der Waals surface area contributed by atoms with Crippen LogP contribution in [0.15, 0.2) is 200 Å². The Balaban J connectivity index is 1.23. The summed E-state index contributed by atoms with van der Waals surface area (Å²) >= 11 is 0. The summed E-state index contributed by atoms with van der Waals surface area (Å²) in [4.78, 5) is 0. The molecule has 12 aromatic rings.